The average molecular weight is 418 g/mol. The Morgan fingerprint density at radius 2 is 2.03 bits per heavy atom. The maximum atomic E-state index is 9.74. The second kappa shape index (κ2) is 8.53. The average Bonchev–Trinajstić information content (AvgIpc) is 3.25. The lowest BCUT2D eigenvalue weighted by Crippen LogP contribution is -2.43. The molecule has 0 saturated carbocycles. The maximum absolute atomic E-state index is 9.74. The molecule has 4 heterocycles. The number of anilines is 2. The van der Waals surface area contributed by atoms with Crippen LogP contribution < -0.4 is 9.80 Å². The molecule has 7 nitrogen and oxygen atoms in total. The van der Waals surface area contributed by atoms with Gasteiger partial charge < -0.3 is 19.6 Å². The quantitative estimate of drug-likeness (QED) is 0.819. The Hall–Kier alpha value is -1.77. The number of rotatable bonds is 4. The summed E-state index contributed by atoms with van der Waals surface area (Å²) < 4.78 is 6.04. The third kappa shape index (κ3) is 4.54. The standard InChI is InChI=1S/C21H31N5O2S/c1-21(2,3)17-13-29-20(24-17)16-11-25(8-9-28-16)18-10-19(23-14-22-18)26-7-5-4-6-15(26)12-27/h10,13-16,27H,4-9,11-12H2,1-3H3. The summed E-state index contributed by atoms with van der Waals surface area (Å²) in [4.78, 5) is 18.4. The van der Waals surface area contributed by atoms with Gasteiger partial charge in [-0.2, -0.15) is 0 Å². The van der Waals surface area contributed by atoms with Crippen molar-refractivity contribution in [3.8, 4) is 0 Å². The van der Waals surface area contributed by atoms with Crippen molar-refractivity contribution in [2.24, 2.45) is 0 Å². The van der Waals surface area contributed by atoms with Crippen molar-refractivity contribution in [3.63, 3.8) is 0 Å². The van der Waals surface area contributed by atoms with Crippen LogP contribution >= 0.6 is 11.3 Å². The molecule has 29 heavy (non-hydrogen) atoms. The van der Waals surface area contributed by atoms with Gasteiger partial charge in [-0.1, -0.05) is 20.8 Å². The minimum atomic E-state index is -0.0385. The molecule has 2 saturated heterocycles. The van der Waals surface area contributed by atoms with Gasteiger partial charge in [0, 0.05) is 30.0 Å². The zero-order valence-electron chi connectivity index (χ0n) is 17.5. The number of ether oxygens (including phenoxy) is 1. The molecule has 0 aromatic carbocycles. The first-order valence-corrected chi connectivity index (χ1v) is 11.4. The Morgan fingerprint density at radius 1 is 1.21 bits per heavy atom. The van der Waals surface area contributed by atoms with E-state index >= 15 is 0 Å². The van der Waals surface area contributed by atoms with Crippen molar-refractivity contribution in [1.29, 1.82) is 0 Å². The SMILES string of the molecule is CC(C)(C)c1csc(C2CN(c3cc(N4CCCCC4CO)ncn3)CCO2)n1. The Morgan fingerprint density at radius 3 is 2.79 bits per heavy atom. The highest BCUT2D eigenvalue weighted by Gasteiger charge is 2.28. The lowest BCUT2D eigenvalue weighted by molar-refractivity contribution is 0.0392. The van der Waals surface area contributed by atoms with Gasteiger partial charge >= 0.3 is 0 Å². The van der Waals surface area contributed by atoms with Crippen molar-refractivity contribution < 1.29 is 9.84 Å². The molecule has 0 spiro atoms. The number of thiazole rings is 1. The number of aliphatic hydroxyl groups excluding tert-OH is 1. The third-order valence-corrected chi connectivity index (χ3v) is 6.66. The van der Waals surface area contributed by atoms with E-state index < -0.39 is 0 Å². The van der Waals surface area contributed by atoms with Crippen LogP contribution in [0.4, 0.5) is 11.6 Å². The summed E-state index contributed by atoms with van der Waals surface area (Å²) in [6, 6.07) is 2.20. The van der Waals surface area contributed by atoms with Gasteiger partial charge in [-0.05, 0) is 19.3 Å². The largest absolute Gasteiger partial charge is 0.394 e. The number of aliphatic hydroxyl groups is 1. The van der Waals surface area contributed by atoms with Crippen LogP contribution in [-0.4, -0.2) is 58.9 Å². The summed E-state index contributed by atoms with van der Waals surface area (Å²) in [6.07, 6.45) is 4.91. The number of hydrogen-bond acceptors (Lipinski definition) is 8. The molecule has 4 rings (SSSR count). The van der Waals surface area contributed by atoms with E-state index in [1.807, 2.05) is 0 Å². The maximum Gasteiger partial charge on any atom is 0.134 e. The summed E-state index contributed by atoms with van der Waals surface area (Å²) >= 11 is 1.68. The molecular weight excluding hydrogens is 386 g/mol. The molecule has 0 amide bonds. The topological polar surface area (TPSA) is 74.6 Å². The number of aromatic nitrogens is 3. The Balaban J connectivity index is 1.50. The minimum Gasteiger partial charge on any atom is -0.394 e. The second-order valence-corrected chi connectivity index (χ2v) is 9.78. The molecule has 2 aromatic heterocycles. The van der Waals surface area contributed by atoms with Crippen LogP contribution in [0.5, 0.6) is 0 Å². The molecule has 2 aliphatic rings. The molecule has 2 unspecified atom stereocenters. The molecule has 0 bridgehead atoms. The van der Waals surface area contributed by atoms with Crippen molar-refractivity contribution in [2.45, 2.75) is 57.6 Å². The summed E-state index contributed by atoms with van der Waals surface area (Å²) in [6.45, 7) is 9.83. The van der Waals surface area contributed by atoms with Gasteiger partial charge in [0.05, 0.1) is 31.5 Å². The van der Waals surface area contributed by atoms with E-state index in [9.17, 15) is 5.11 Å². The third-order valence-electron chi connectivity index (χ3n) is 5.73. The zero-order chi connectivity index (χ0) is 20.4. The summed E-state index contributed by atoms with van der Waals surface area (Å²) in [7, 11) is 0. The Labute approximate surface area is 176 Å². The smallest absolute Gasteiger partial charge is 0.134 e. The van der Waals surface area contributed by atoms with Crippen LogP contribution in [-0.2, 0) is 10.2 Å². The van der Waals surface area contributed by atoms with Gasteiger partial charge in [-0.15, -0.1) is 11.3 Å². The number of nitrogens with zero attached hydrogens (tertiary/aromatic N) is 5. The molecule has 1 N–H and O–H groups in total. The van der Waals surface area contributed by atoms with E-state index in [-0.39, 0.29) is 24.2 Å². The van der Waals surface area contributed by atoms with Crippen molar-refractivity contribution in [2.75, 3.05) is 42.6 Å². The molecular formula is C21H31N5O2S. The lowest BCUT2D eigenvalue weighted by atomic mass is 9.93. The van der Waals surface area contributed by atoms with Crippen molar-refractivity contribution >= 4 is 23.0 Å². The minimum absolute atomic E-state index is 0.0385. The van der Waals surface area contributed by atoms with E-state index in [1.165, 1.54) is 0 Å². The predicted molar refractivity (Wildman–Crippen MR) is 116 cm³/mol. The fraction of sp³-hybridized carbons (Fsp3) is 0.667. The monoisotopic (exact) mass is 417 g/mol. The van der Waals surface area contributed by atoms with E-state index in [1.54, 1.807) is 17.7 Å². The van der Waals surface area contributed by atoms with Gasteiger partial charge in [0.1, 0.15) is 29.1 Å². The first kappa shape index (κ1) is 20.5. The van der Waals surface area contributed by atoms with Crippen LogP contribution in [0.3, 0.4) is 0 Å². The van der Waals surface area contributed by atoms with Gasteiger partial charge in [-0.3, -0.25) is 0 Å². The van der Waals surface area contributed by atoms with E-state index in [2.05, 4.69) is 52.0 Å². The molecule has 2 aliphatic heterocycles. The number of hydrogen-bond donors (Lipinski definition) is 1. The fourth-order valence-electron chi connectivity index (χ4n) is 3.95. The highest BCUT2D eigenvalue weighted by molar-refractivity contribution is 7.09. The van der Waals surface area contributed by atoms with Crippen molar-refractivity contribution in [3.05, 3.63) is 28.5 Å². The van der Waals surface area contributed by atoms with Crippen LogP contribution in [0.15, 0.2) is 17.8 Å². The first-order chi connectivity index (χ1) is 14.0. The van der Waals surface area contributed by atoms with Crippen LogP contribution in [0.25, 0.3) is 0 Å². The molecule has 2 fully saturated rings. The molecule has 0 aliphatic carbocycles. The fourth-order valence-corrected chi connectivity index (χ4v) is 5.03. The van der Waals surface area contributed by atoms with Gasteiger partial charge in [-0.25, -0.2) is 15.0 Å². The summed E-state index contributed by atoms with van der Waals surface area (Å²) in [5, 5.41) is 12.9. The molecule has 8 heteroatoms. The summed E-state index contributed by atoms with van der Waals surface area (Å²) in [5.41, 5.74) is 1.16. The van der Waals surface area contributed by atoms with E-state index in [4.69, 9.17) is 9.72 Å². The first-order valence-electron chi connectivity index (χ1n) is 10.5. The molecule has 2 aromatic rings. The highest BCUT2D eigenvalue weighted by Crippen LogP contribution is 2.32. The second-order valence-electron chi connectivity index (χ2n) is 8.89. The number of morpholine rings is 1. The van der Waals surface area contributed by atoms with Crippen molar-refractivity contribution in [1.82, 2.24) is 15.0 Å². The predicted octanol–water partition coefficient (Wildman–Crippen LogP) is 3.16. The van der Waals surface area contributed by atoms with Crippen LogP contribution in [0.2, 0.25) is 0 Å². The van der Waals surface area contributed by atoms with Gasteiger partial charge in [0.25, 0.3) is 0 Å². The lowest BCUT2D eigenvalue weighted by Gasteiger charge is -2.37. The Kier molecular flexibility index (Phi) is 6.03. The normalized spacial score (nSPS) is 23.4. The zero-order valence-corrected chi connectivity index (χ0v) is 18.4. The van der Waals surface area contributed by atoms with E-state index in [0.717, 1.165) is 61.2 Å². The van der Waals surface area contributed by atoms with Crippen LogP contribution in [0.1, 0.15) is 56.8 Å². The van der Waals surface area contributed by atoms with Gasteiger partial charge in [0.15, 0.2) is 0 Å². The number of piperidine rings is 1. The molecule has 2 atom stereocenters. The molecule has 158 valence electrons. The summed E-state index contributed by atoms with van der Waals surface area (Å²) in [5.74, 6) is 1.82. The molecule has 0 radical (unpaired) electrons. The highest BCUT2D eigenvalue weighted by atomic mass is 32.1. The van der Waals surface area contributed by atoms with Gasteiger partial charge in [0.2, 0.25) is 0 Å². The Bertz CT molecular complexity index is 821. The van der Waals surface area contributed by atoms with E-state index in [0.29, 0.717) is 6.61 Å². The van der Waals surface area contributed by atoms with Crippen LogP contribution in [0, 0.1) is 0 Å².